The van der Waals surface area contributed by atoms with Crippen LogP contribution in [0.25, 0.3) is 0 Å². The molecule has 76 valence electrons. The number of pyridine rings is 1. The van der Waals surface area contributed by atoms with E-state index >= 15 is 0 Å². The Hall–Kier alpha value is -2.04. The van der Waals surface area contributed by atoms with E-state index < -0.39 is 0 Å². The first-order chi connectivity index (χ1) is 7.34. The Kier molecular flexibility index (Phi) is 2.82. The van der Waals surface area contributed by atoms with Crippen molar-refractivity contribution in [3.63, 3.8) is 0 Å². The van der Waals surface area contributed by atoms with Gasteiger partial charge in [0, 0.05) is 6.20 Å². The van der Waals surface area contributed by atoms with Crippen LogP contribution in [0.4, 0.5) is 10.2 Å². The summed E-state index contributed by atoms with van der Waals surface area (Å²) in [7, 11) is 0. The molecule has 2 aromatic heterocycles. The second-order valence-corrected chi connectivity index (χ2v) is 2.93. The molecule has 0 saturated carbocycles. The average Bonchev–Trinajstić information content (AvgIpc) is 2.30. The molecule has 0 spiro atoms. The maximum absolute atomic E-state index is 12.5. The summed E-state index contributed by atoms with van der Waals surface area (Å²) in [6.07, 6.45) is 2.78. The fraction of sp³-hybridized carbons (Fsp3) is 0.100. The van der Waals surface area contributed by atoms with Crippen LogP contribution >= 0.6 is 0 Å². The standard InChI is InChI=1S/C10H9FN4/c11-8-3-4-10(12-6-8)13-7-9-2-1-5-14-15-9/h1-6H,7H2,(H,12,13). The summed E-state index contributed by atoms with van der Waals surface area (Å²) in [5.41, 5.74) is 0.809. The Labute approximate surface area is 86.2 Å². The summed E-state index contributed by atoms with van der Waals surface area (Å²) in [4.78, 5) is 3.86. The molecule has 0 amide bonds. The Morgan fingerprint density at radius 1 is 1.27 bits per heavy atom. The molecule has 5 heteroatoms. The molecular formula is C10H9FN4. The van der Waals surface area contributed by atoms with Gasteiger partial charge in [0.25, 0.3) is 0 Å². The molecule has 15 heavy (non-hydrogen) atoms. The minimum Gasteiger partial charge on any atom is -0.364 e. The lowest BCUT2D eigenvalue weighted by molar-refractivity contribution is 0.621. The highest BCUT2D eigenvalue weighted by Crippen LogP contribution is 2.04. The highest BCUT2D eigenvalue weighted by Gasteiger charge is 1.96. The molecule has 0 aliphatic carbocycles. The van der Waals surface area contributed by atoms with E-state index in [1.807, 2.05) is 12.1 Å². The molecule has 0 atom stereocenters. The second-order valence-electron chi connectivity index (χ2n) is 2.93. The number of aromatic nitrogens is 3. The van der Waals surface area contributed by atoms with Crippen molar-refractivity contribution in [2.75, 3.05) is 5.32 Å². The normalized spacial score (nSPS) is 9.93. The molecule has 2 aromatic rings. The fourth-order valence-corrected chi connectivity index (χ4v) is 1.09. The monoisotopic (exact) mass is 204 g/mol. The number of rotatable bonds is 3. The molecular weight excluding hydrogens is 195 g/mol. The minimum atomic E-state index is -0.347. The SMILES string of the molecule is Fc1ccc(NCc2cccnn2)nc1. The number of nitrogens with one attached hydrogen (secondary N) is 1. The predicted octanol–water partition coefficient (Wildman–Crippen LogP) is 1.62. The van der Waals surface area contributed by atoms with Gasteiger partial charge in [0.05, 0.1) is 18.4 Å². The van der Waals surface area contributed by atoms with E-state index in [9.17, 15) is 4.39 Å². The van der Waals surface area contributed by atoms with Crippen LogP contribution in [-0.2, 0) is 6.54 Å². The van der Waals surface area contributed by atoms with Crippen LogP contribution in [-0.4, -0.2) is 15.2 Å². The van der Waals surface area contributed by atoms with Crippen LogP contribution in [0.1, 0.15) is 5.69 Å². The van der Waals surface area contributed by atoms with Crippen molar-refractivity contribution in [1.82, 2.24) is 15.2 Å². The molecule has 2 heterocycles. The zero-order chi connectivity index (χ0) is 10.5. The Balaban J connectivity index is 1.96. The van der Waals surface area contributed by atoms with Gasteiger partial charge in [-0.3, -0.25) is 0 Å². The van der Waals surface area contributed by atoms with Gasteiger partial charge in [-0.15, -0.1) is 0 Å². The van der Waals surface area contributed by atoms with Gasteiger partial charge in [-0.2, -0.15) is 10.2 Å². The Morgan fingerprint density at radius 2 is 2.20 bits per heavy atom. The largest absolute Gasteiger partial charge is 0.364 e. The molecule has 0 bridgehead atoms. The molecule has 0 aliphatic heterocycles. The molecule has 0 saturated heterocycles. The van der Waals surface area contributed by atoms with E-state index in [2.05, 4.69) is 20.5 Å². The maximum Gasteiger partial charge on any atom is 0.141 e. The van der Waals surface area contributed by atoms with E-state index in [0.717, 1.165) is 5.69 Å². The fourth-order valence-electron chi connectivity index (χ4n) is 1.09. The van der Waals surface area contributed by atoms with Gasteiger partial charge in [0.15, 0.2) is 0 Å². The highest BCUT2D eigenvalue weighted by atomic mass is 19.1. The molecule has 1 N–H and O–H groups in total. The smallest absolute Gasteiger partial charge is 0.141 e. The summed E-state index contributed by atoms with van der Waals surface area (Å²) >= 11 is 0. The number of nitrogens with zero attached hydrogens (tertiary/aromatic N) is 3. The third-order valence-electron chi connectivity index (χ3n) is 1.81. The van der Waals surface area contributed by atoms with Crippen molar-refractivity contribution in [3.8, 4) is 0 Å². The second kappa shape index (κ2) is 4.45. The molecule has 0 fully saturated rings. The van der Waals surface area contributed by atoms with Crippen LogP contribution in [0.3, 0.4) is 0 Å². The summed E-state index contributed by atoms with van der Waals surface area (Å²) in [6.45, 7) is 0.520. The number of hydrogen-bond donors (Lipinski definition) is 1. The minimum absolute atomic E-state index is 0.347. The summed E-state index contributed by atoms with van der Waals surface area (Å²) in [6, 6.07) is 6.59. The van der Waals surface area contributed by atoms with Crippen molar-refractivity contribution in [2.45, 2.75) is 6.54 Å². The molecule has 0 aliphatic rings. The van der Waals surface area contributed by atoms with Gasteiger partial charge in [-0.1, -0.05) is 0 Å². The summed E-state index contributed by atoms with van der Waals surface area (Å²) in [5.74, 6) is 0.266. The van der Waals surface area contributed by atoms with Crippen molar-refractivity contribution < 1.29 is 4.39 Å². The third kappa shape index (κ3) is 2.70. The Bertz CT molecular complexity index is 415. The molecule has 4 nitrogen and oxygen atoms in total. The van der Waals surface area contributed by atoms with Crippen molar-refractivity contribution >= 4 is 5.82 Å². The highest BCUT2D eigenvalue weighted by molar-refractivity contribution is 5.33. The zero-order valence-electron chi connectivity index (χ0n) is 7.89. The zero-order valence-corrected chi connectivity index (χ0v) is 7.89. The lowest BCUT2D eigenvalue weighted by Crippen LogP contribution is -2.03. The number of hydrogen-bond acceptors (Lipinski definition) is 4. The van der Waals surface area contributed by atoms with Crippen LogP contribution in [0.5, 0.6) is 0 Å². The molecule has 0 radical (unpaired) electrons. The van der Waals surface area contributed by atoms with E-state index in [1.165, 1.54) is 12.3 Å². The summed E-state index contributed by atoms with van der Waals surface area (Å²) < 4.78 is 12.5. The van der Waals surface area contributed by atoms with Crippen LogP contribution in [0, 0.1) is 5.82 Å². The lowest BCUT2D eigenvalue weighted by atomic mass is 10.4. The first-order valence-corrected chi connectivity index (χ1v) is 4.46. The van der Waals surface area contributed by atoms with E-state index in [4.69, 9.17) is 0 Å². The Morgan fingerprint density at radius 3 is 2.87 bits per heavy atom. The first kappa shape index (κ1) is 9.51. The number of halogens is 1. The van der Waals surface area contributed by atoms with Crippen molar-refractivity contribution in [2.24, 2.45) is 0 Å². The average molecular weight is 204 g/mol. The quantitative estimate of drug-likeness (QED) is 0.825. The van der Waals surface area contributed by atoms with E-state index in [0.29, 0.717) is 12.4 Å². The van der Waals surface area contributed by atoms with Gasteiger partial charge in [-0.25, -0.2) is 9.37 Å². The van der Waals surface area contributed by atoms with E-state index in [1.54, 1.807) is 12.3 Å². The predicted molar refractivity (Wildman–Crippen MR) is 53.6 cm³/mol. The number of anilines is 1. The molecule has 0 aromatic carbocycles. The van der Waals surface area contributed by atoms with Gasteiger partial charge < -0.3 is 5.32 Å². The van der Waals surface area contributed by atoms with Gasteiger partial charge in [0.2, 0.25) is 0 Å². The lowest BCUT2D eigenvalue weighted by Gasteiger charge is -2.03. The van der Waals surface area contributed by atoms with Crippen LogP contribution < -0.4 is 5.32 Å². The van der Waals surface area contributed by atoms with Crippen LogP contribution in [0.2, 0.25) is 0 Å². The molecule has 2 rings (SSSR count). The summed E-state index contributed by atoms with van der Waals surface area (Å²) in [5, 5.41) is 10.6. The van der Waals surface area contributed by atoms with Crippen LogP contribution in [0.15, 0.2) is 36.7 Å². The third-order valence-corrected chi connectivity index (χ3v) is 1.81. The van der Waals surface area contributed by atoms with Gasteiger partial charge in [0.1, 0.15) is 11.6 Å². The van der Waals surface area contributed by atoms with Gasteiger partial charge >= 0.3 is 0 Å². The maximum atomic E-state index is 12.5. The van der Waals surface area contributed by atoms with Crippen molar-refractivity contribution in [3.05, 3.63) is 48.2 Å². The topological polar surface area (TPSA) is 50.7 Å². The van der Waals surface area contributed by atoms with Crippen molar-refractivity contribution in [1.29, 1.82) is 0 Å². The molecule has 0 unspecified atom stereocenters. The van der Waals surface area contributed by atoms with Gasteiger partial charge in [-0.05, 0) is 24.3 Å². The van der Waals surface area contributed by atoms with E-state index in [-0.39, 0.29) is 5.82 Å². The first-order valence-electron chi connectivity index (χ1n) is 4.46.